The van der Waals surface area contributed by atoms with Gasteiger partial charge < -0.3 is 8.83 Å². The Labute approximate surface area is 320 Å². The van der Waals surface area contributed by atoms with Crippen molar-refractivity contribution in [2.24, 2.45) is 0 Å². The third-order valence-electron chi connectivity index (χ3n) is 11.1. The van der Waals surface area contributed by atoms with Gasteiger partial charge in [0.15, 0.2) is 17.5 Å². The zero-order valence-corrected chi connectivity index (χ0v) is 29.9. The number of furan rings is 2. The Hall–Kier alpha value is -7.63. The van der Waals surface area contributed by atoms with Gasteiger partial charge in [-0.05, 0) is 80.3 Å². The van der Waals surface area contributed by atoms with Crippen LogP contribution in [0.15, 0.2) is 185 Å². The summed E-state index contributed by atoms with van der Waals surface area (Å²) in [6, 6.07) is 61.1. The SMILES string of the molecule is c1ccc2cc(-c3nc(-c4ccc5cc6c(cc5c4)oc4ccccc46)nc(-c4cccc5oc6c(-c7ccc8ccccc8c7)cccc6c45)n3)ccc2c1. The minimum absolute atomic E-state index is 0.579. The third-order valence-corrected chi connectivity index (χ3v) is 11.1. The number of nitrogens with zero attached hydrogens (tertiary/aromatic N) is 3. The number of benzene rings is 9. The van der Waals surface area contributed by atoms with Crippen LogP contribution in [0.2, 0.25) is 0 Å². The van der Waals surface area contributed by atoms with E-state index in [0.29, 0.717) is 17.5 Å². The first-order chi connectivity index (χ1) is 27.7. The molecule has 0 bridgehead atoms. The molecule has 3 heterocycles. The summed E-state index contributed by atoms with van der Waals surface area (Å²) < 4.78 is 13.0. The summed E-state index contributed by atoms with van der Waals surface area (Å²) in [4.78, 5) is 15.6. The van der Waals surface area contributed by atoms with Crippen molar-refractivity contribution in [2.45, 2.75) is 0 Å². The number of aromatic nitrogens is 3. The van der Waals surface area contributed by atoms with E-state index in [1.165, 1.54) is 10.8 Å². The monoisotopic (exact) mass is 715 g/mol. The molecule has 0 N–H and O–H groups in total. The summed E-state index contributed by atoms with van der Waals surface area (Å²) >= 11 is 0. The lowest BCUT2D eigenvalue weighted by atomic mass is 9.98. The number of hydrogen-bond donors (Lipinski definition) is 0. The third kappa shape index (κ3) is 4.84. The van der Waals surface area contributed by atoms with E-state index in [4.69, 9.17) is 23.8 Å². The van der Waals surface area contributed by atoms with Crippen molar-refractivity contribution in [3.8, 4) is 45.3 Å². The minimum Gasteiger partial charge on any atom is -0.456 e. The summed E-state index contributed by atoms with van der Waals surface area (Å²) in [6.45, 7) is 0. The predicted octanol–water partition coefficient (Wildman–Crippen LogP) is 13.8. The number of para-hydroxylation sites is 2. The van der Waals surface area contributed by atoms with Crippen molar-refractivity contribution in [2.75, 3.05) is 0 Å². The van der Waals surface area contributed by atoms with Crippen LogP contribution in [0.4, 0.5) is 0 Å². The molecule has 0 amide bonds. The summed E-state index contributed by atoms with van der Waals surface area (Å²) in [5.41, 5.74) is 8.18. The zero-order chi connectivity index (χ0) is 36.7. The summed E-state index contributed by atoms with van der Waals surface area (Å²) in [5, 5.41) is 11.0. The highest BCUT2D eigenvalue weighted by molar-refractivity contribution is 6.15. The normalized spacial score (nSPS) is 11.9. The van der Waals surface area contributed by atoms with E-state index in [1.54, 1.807) is 0 Å². The van der Waals surface area contributed by atoms with Gasteiger partial charge in [0, 0.05) is 43.8 Å². The van der Waals surface area contributed by atoms with Crippen molar-refractivity contribution < 1.29 is 8.83 Å². The second kappa shape index (κ2) is 11.9. The number of fused-ring (bicyclic) bond motifs is 9. The fraction of sp³-hybridized carbons (Fsp3) is 0. The molecule has 12 rings (SSSR count). The zero-order valence-electron chi connectivity index (χ0n) is 29.9. The van der Waals surface area contributed by atoms with E-state index in [-0.39, 0.29) is 0 Å². The molecule has 3 aromatic heterocycles. The van der Waals surface area contributed by atoms with Gasteiger partial charge in [-0.15, -0.1) is 0 Å². The van der Waals surface area contributed by atoms with Crippen LogP contribution < -0.4 is 0 Å². The summed E-state index contributed by atoms with van der Waals surface area (Å²) in [6.07, 6.45) is 0. The maximum absolute atomic E-state index is 6.72. The molecule has 0 radical (unpaired) electrons. The molecule has 0 aliphatic carbocycles. The van der Waals surface area contributed by atoms with Gasteiger partial charge in [0.1, 0.15) is 22.3 Å². The summed E-state index contributed by atoms with van der Waals surface area (Å²) in [5.74, 6) is 1.77. The Morgan fingerprint density at radius 2 is 0.857 bits per heavy atom. The second-order valence-electron chi connectivity index (χ2n) is 14.4. The molecule has 0 unspecified atom stereocenters. The molecule has 5 nitrogen and oxygen atoms in total. The minimum atomic E-state index is 0.579. The van der Waals surface area contributed by atoms with Gasteiger partial charge in [-0.25, -0.2) is 15.0 Å². The first kappa shape index (κ1) is 30.8. The largest absolute Gasteiger partial charge is 0.456 e. The topological polar surface area (TPSA) is 65.0 Å². The molecule has 0 fully saturated rings. The second-order valence-corrected chi connectivity index (χ2v) is 14.4. The van der Waals surface area contributed by atoms with Gasteiger partial charge in [0.25, 0.3) is 0 Å². The highest BCUT2D eigenvalue weighted by Gasteiger charge is 2.20. The average Bonchev–Trinajstić information content (AvgIpc) is 3.83. The standard InChI is InChI=1S/C51H29N3O2/c1-3-11-32-25-35(22-19-30(32)9-1)39-14-7-15-41-47-42(16-8-18-45(47)56-48(39)41)51-53-49(36-23-20-31-10-2-4-12-33(31)26-36)52-50(54-51)37-24-21-34-28-43-40-13-5-6-17-44(40)55-46(43)29-38(34)27-37/h1-29H. The Morgan fingerprint density at radius 1 is 0.304 bits per heavy atom. The Bertz CT molecular complexity index is 3560. The van der Waals surface area contributed by atoms with Crippen LogP contribution in [-0.4, -0.2) is 15.0 Å². The molecule has 9 aromatic carbocycles. The number of hydrogen-bond acceptors (Lipinski definition) is 5. The number of rotatable bonds is 4. The molecular weight excluding hydrogens is 687 g/mol. The molecule has 0 saturated heterocycles. The van der Waals surface area contributed by atoms with Crippen molar-refractivity contribution in [3.63, 3.8) is 0 Å². The van der Waals surface area contributed by atoms with Crippen LogP contribution in [0.3, 0.4) is 0 Å². The maximum atomic E-state index is 6.72. The van der Waals surface area contributed by atoms with E-state index in [2.05, 4.69) is 146 Å². The van der Waals surface area contributed by atoms with Gasteiger partial charge in [0.05, 0.1) is 0 Å². The molecule has 0 saturated carbocycles. The molecular formula is C51H29N3O2. The van der Waals surface area contributed by atoms with Gasteiger partial charge in [-0.1, -0.05) is 133 Å². The lowest BCUT2D eigenvalue weighted by Gasteiger charge is -2.10. The highest BCUT2D eigenvalue weighted by atomic mass is 16.3. The molecule has 0 aliphatic heterocycles. The van der Waals surface area contributed by atoms with Crippen molar-refractivity contribution in [3.05, 3.63) is 176 Å². The molecule has 12 aromatic rings. The van der Waals surface area contributed by atoms with E-state index < -0.39 is 0 Å². The Balaban J connectivity index is 1.07. The molecule has 0 atom stereocenters. The van der Waals surface area contributed by atoms with Crippen molar-refractivity contribution in [1.29, 1.82) is 0 Å². The van der Waals surface area contributed by atoms with Gasteiger partial charge in [0.2, 0.25) is 0 Å². The van der Waals surface area contributed by atoms with Gasteiger partial charge in [-0.3, -0.25) is 0 Å². The molecule has 260 valence electrons. The van der Waals surface area contributed by atoms with E-state index in [0.717, 1.165) is 93.2 Å². The molecule has 0 aliphatic rings. The van der Waals surface area contributed by atoms with E-state index in [9.17, 15) is 0 Å². The van der Waals surface area contributed by atoms with Crippen LogP contribution in [0.5, 0.6) is 0 Å². The fourth-order valence-corrected chi connectivity index (χ4v) is 8.31. The van der Waals surface area contributed by atoms with E-state index >= 15 is 0 Å². The average molecular weight is 716 g/mol. The summed E-state index contributed by atoms with van der Waals surface area (Å²) in [7, 11) is 0. The van der Waals surface area contributed by atoms with Gasteiger partial charge in [-0.2, -0.15) is 0 Å². The van der Waals surface area contributed by atoms with Gasteiger partial charge >= 0.3 is 0 Å². The fourth-order valence-electron chi connectivity index (χ4n) is 8.31. The predicted molar refractivity (Wildman–Crippen MR) is 229 cm³/mol. The van der Waals surface area contributed by atoms with Crippen LogP contribution in [0.25, 0.3) is 121 Å². The molecule has 56 heavy (non-hydrogen) atoms. The van der Waals surface area contributed by atoms with Crippen molar-refractivity contribution >= 4 is 76.2 Å². The molecule has 0 spiro atoms. The first-order valence-electron chi connectivity index (χ1n) is 18.7. The quantitative estimate of drug-likeness (QED) is 0.181. The smallest absolute Gasteiger partial charge is 0.164 e. The maximum Gasteiger partial charge on any atom is 0.164 e. The Kier molecular flexibility index (Phi) is 6.56. The van der Waals surface area contributed by atoms with Crippen LogP contribution in [0, 0.1) is 0 Å². The van der Waals surface area contributed by atoms with Crippen LogP contribution >= 0.6 is 0 Å². The lowest BCUT2D eigenvalue weighted by molar-refractivity contribution is 0.669. The van der Waals surface area contributed by atoms with Crippen LogP contribution in [0.1, 0.15) is 0 Å². The lowest BCUT2D eigenvalue weighted by Crippen LogP contribution is -2.00. The highest BCUT2D eigenvalue weighted by Crippen LogP contribution is 2.41. The first-order valence-corrected chi connectivity index (χ1v) is 18.7. The Morgan fingerprint density at radius 3 is 1.64 bits per heavy atom. The van der Waals surface area contributed by atoms with E-state index in [1.807, 2.05) is 30.3 Å². The van der Waals surface area contributed by atoms with Crippen molar-refractivity contribution in [1.82, 2.24) is 15.0 Å². The molecule has 5 heteroatoms. The van der Waals surface area contributed by atoms with Crippen LogP contribution in [-0.2, 0) is 0 Å².